The van der Waals surface area contributed by atoms with Crippen LogP contribution in [0.25, 0.3) is 0 Å². The summed E-state index contributed by atoms with van der Waals surface area (Å²) >= 11 is 5.16. The molecule has 0 bridgehead atoms. The number of carboxylic acids is 1. The molecular weight excluding hydrogens is 438 g/mol. The Bertz CT molecular complexity index is 990. The third-order valence-corrected chi connectivity index (χ3v) is 5.11. The van der Waals surface area contributed by atoms with Gasteiger partial charge in [0.1, 0.15) is 11.7 Å². The van der Waals surface area contributed by atoms with Crippen molar-refractivity contribution in [2.24, 2.45) is 10.9 Å². The number of nitrogens with zero attached hydrogens (tertiary/aromatic N) is 6. The zero-order valence-electron chi connectivity index (χ0n) is 15.2. The number of aromatic nitrogens is 4. The number of carbonyl (C=O) groups is 3. The Kier molecular flexibility index (Phi) is 6.48. The number of hydrogen-bond acceptors (Lipinski definition) is 12. The lowest BCUT2D eigenvalue weighted by Crippen LogP contribution is -2.69. The van der Waals surface area contributed by atoms with Crippen LogP contribution in [0, 0.1) is 0 Å². The van der Waals surface area contributed by atoms with Crippen LogP contribution in [-0.4, -0.2) is 71.6 Å². The molecule has 1 aliphatic rings. The van der Waals surface area contributed by atoms with Crippen molar-refractivity contribution in [2.75, 3.05) is 12.3 Å². The van der Waals surface area contributed by atoms with Crippen LogP contribution in [0.1, 0.15) is 11.4 Å². The highest BCUT2D eigenvalue weighted by Gasteiger charge is 2.48. The molecule has 0 radical (unpaired) electrons. The smallest absolute Gasteiger partial charge is 0.344 e. The first-order chi connectivity index (χ1) is 14.3. The first-order valence-electron chi connectivity index (χ1n) is 8.35. The molecule has 3 rings (SSSR count). The molecule has 14 nitrogen and oxygen atoms in total. The van der Waals surface area contributed by atoms with Crippen LogP contribution in [0.2, 0.25) is 0 Å². The van der Waals surface area contributed by atoms with Crippen LogP contribution < -0.4 is 16.8 Å². The van der Waals surface area contributed by atoms with Gasteiger partial charge < -0.3 is 26.7 Å². The minimum Gasteiger partial charge on any atom is -0.479 e. The molecule has 0 spiro atoms. The van der Waals surface area contributed by atoms with E-state index in [2.05, 4.69) is 43.3 Å². The number of aliphatic carboxylic acids is 1. The quantitative estimate of drug-likeness (QED) is 0.120. The number of carboxylic acid groups (broad SMARTS) is 1. The molecular formula is C14H17N9O5S2. The first kappa shape index (κ1) is 21.5. The van der Waals surface area contributed by atoms with Gasteiger partial charge in [-0.25, -0.2) is 9.78 Å². The zero-order chi connectivity index (χ0) is 21.8. The minimum atomic E-state index is -1.28. The first-order valence-corrected chi connectivity index (χ1v) is 9.63. The average Bonchev–Trinajstić information content (AvgIpc) is 3.35. The summed E-state index contributed by atoms with van der Waals surface area (Å²) in [5.41, 5.74) is 11.4. The number of oxime groups is 1. The molecule has 160 valence electrons. The van der Waals surface area contributed by atoms with Gasteiger partial charge in [0, 0.05) is 11.9 Å². The van der Waals surface area contributed by atoms with E-state index >= 15 is 0 Å². The van der Waals surface area contributed by atoms with Crippen molar-refractivity contribution in [3.05, 3.63) is 23.0 Å². The predicted octanol–water partition coefficient (Wildman–Crippen LogP) is -2.18. The Morgan fingerprint density at radius 1 is 1.47 bits per heavy atom. The Morgan fingerprint density at radius 3 is 2.83 bits per heavy atom. The topological polar surface area (TPSA) is 204 Å². The number of amides is 2. The summed E-state index contributed by atoms with van der Waals surface area (Å²) in [4.78, 5) is 45.5. The van der Waals surface area contributed by atoms with Crippen molar-refractivity contribution in [1.82, 2.24) is 29.6 Å². The van der Waals surface area contributed by atoms with Crippen molar-refractivity contribution < 1.29 is 24.3 Å². The van der Waals surface area contributed by atoms with Crippen LogP contribution in [0.3, 0.4) is 0 Å². The average molecular weight is 455 g/mol. The second-order valence-electron chi connectivity index (χ2n) is 5.97. The van der Waals surface area contributed by atoms with E-state index in [4.69, 9.17) is 16.6 Å². The van der Waals surface area contributed by atoms with E-state index < -0.39 is 36.5 Å². The molecule has 1 saturated heterocycles. The summed E-state index contributed by atoms with van der Waals surface area (Å²) in [7, 11) is 0. The van der Waals surface area contributed by atoms with E-state index in [0.717, 1.165) is 15.6 Å². The van der Waals surface area contributed by atoms with Crippen LogP contribution in [-0.2, 0) is 32.3 Å². The van der Waals surface area contributed by atoms with E-state index in [1.54, 1.807) is 0 Å². The molecule has 30 heavy (non-hydrogen) atoms. The number of thiazole rings is 1. The highest BCUT2D eigenvalue weighted by atomic mass is 32.1. The molecule has 2 unspecified atom stereocenters. The molecule has 3 heterocycles. The SMILES string of the molecule is NCc1cnn(CC2C(NC(=O)/C(=N\OCC(=O)O)c3csc(N)n3)C(=O)N2S)n1. The van der Waals surface area contributed by atoms with Crippen molar-refractivity contribution in [2.45, 2.75) is 25.2 Å². The summed E-state index contributed by atoms with van der Waals surface area (Å²) in [6, 6.07) is -1.49. The molecule has 2 atom stereocenters. The van der Waals surface area contributed by atoms with E-state index in [9.17, 15) is 14.4 Å². The fourth-order valence-corrected chi connectivity index (χ4v) is 3.39. The monoisotopic (exact) mass is 455 g/mol. The Labute approximate surface area is 178 Å². The molecule has 2 aromatic heterocycles. The Morgan fingerprint density at radius 2 is 2.23 bits per heavy atom. The highest BCUT2D eigenvalue weighted by Crippen LogP contribution is 2.24. The van der Waals surface area contributed by atoms with Crippen LogP contribution in [0.5, 0.6) is 0 Å². The number of nitrogen functional groups attached to an aromatic ring is 1. The molecule has 0 aliphatic carbocycles. The largest absolute Gasteiger partial charge is 0.479 e. The molecule has 6 N–H and O–H groups in total. The number of hydrogen-bond donors (Lipinski definition) is 5. The van der Waals surface area contributed by atoms with Gasteiger partial charge in [0.15, 0.2) is 10.8 Å². The van der Waals surface area contributed by atoms with Crippen molar-refractivity contribution in [1.29, 1.82) is 0 Å². The predicted molar refractivity (Wildman–Crippen MR) is 106 cm³/mol. The number of nitrogens with one attached hydrogen (secondary N) is 1. The van der Waals surface area contributed by atoms with Gasteiger partial charge in [0.05, 0.1) is 24.5 Å². The van der Waals surface area contributed by atoms with Crippen LogP contribution >= 0.6 is 24.2 Å². The standard InChI is InChI=1S/C14H17N9O5S2/c15-1-6-2-17-22(20-6)3-8-11(13(27)23(8)29)19-12(26)10(21-28-4-9(24)25)7-5-30-14(16)18-7/h2,5,8,11,29H,1,3-4,15H2,(H2,16,18)(H,19,26)(H,24,25)/b21-10-. The maximum absolute atomic E-state index is 12.7. The summed E-state index contributed by atoms with van der Waals surface area (Å²) < 4.78 is 1.15. The molecule has 2 aromatic rings. The van der Waals surface area contributed by atoms with Gasteiger partial charge in [-0.15, -0.1) is 11.3 Å². The Balaban J connectivity index is 1.74. The van der Waals surface area contributed by atoms with Gasteiger partial charge in [-0.05, 0) is 0 Å². The molecule has 1 aliphatic heterocycles. The number of thiol groups is 1. The van der Waals surface area contributed by atoms with Crippen LogP contribution in [0.15, 0.2) is 16.7 Å². The number of anilines is 1. The lowest BCUT2D eigenvalue weighted by Gasteiger charge is -2.43. The lowest BCUT2D eigenvalue weighted by atomic mass is 9.98. The third kappa shape index (κ3) is 4.66. The summed E-state index contributed by atoms with van der Waals surface area (Å²) in [6.07, 6.45) is 1.49. The van der Waals surface area contributed by atoms with Crippen molar-refractivity contribution in [3.63, 3.8) is 0 Å². The summed E-state index contributed by atoms with van der Waals surface area (Å²) in [5, 5.41) is 24.6. The summed E-state index contributed by atoms with van der Waals surface area (Å²) in [5.74, 6) is -2.53. The normalized spacial score (nSPS) is 18.8. The van der Waals surface area contributed by atoms with Crippen LogP contribution in [0.4, 0.5) is 5.13 Å². The molecule has 1 fully saturated rings. The molecule has 0 aromatic carbocycles. The van der Waals surface area contributed by atoms with E-state index in [0.29, 0.717) is 5.69 Å². The molecule has 16 heteroatoms. The number of carbonyl (C=O) groups excluding carboxylic acids is 2. The maximum atomic E-state index is 12.7. The number of β-lactam (4-membered cyclic amide) rings is 1. The van der Waals surface area contributed by atoms with Gasteiger partial charge >= 0.3 is 5.97 Å². The number of nitrogens with two attached hydrogens (primary N) is 2. The van der Waals surface area contributed by atoms with Gasteiger partial charge in [-0.2, -0.15) is 15.0 Å². The van der Waals surface area contributed by atoms with Crippen molar-refractivity contribution in [3.8, 4) is 0 Å². The highest BCUT2D eigenvalue weighted by molar-refractivity contribution is 7.78. The van der Waals surface area contributed by atoms with Gasteiger partial charge in [-0.3, -0.25) is 13.9 Å². The molecule has 2 amide bonds. The minimum absolute atomic E-state index is 0.0766. The maximum Gasteiger partial charge on any atom is 0.344 e. The van der Waals surface area contributed by atoms with Gasteiger partial charge in [-0.1, -0.05) is 18.0 Å². The summed E-state index contributed by atoms with van der Waals surface area (Å²) in [6.45, 7) is -0.395. The second kappa shape index (κ2) is 9.06. The zero-order valence-corrected chi connectivity index (χ0v) is 16.9. The fourth-order valence-electron chi connectivity index (χ4n) is 2.51. The Hall–Kier alpha value is -3.24. The van der Waals surface area contributed by atoms with E-state index in [1.165, 1.54) is 16.4 Å². The van der Waals surface area contributed by atoms with E-state index in [-0.39, 0.29) is 29.6 Å². The second-order valence-corrected chi connectivity index (χ2v) is 7.29. The van der Waals surface area contributed by atoms with Crippen molar-refractivity contribution >= 4 is 52.8 Å². The van der Waals surface area contributed by atoms with Gasteiger partial charge in [0.25, 0.3) is 11.8 Å². The van der Waals surface area contributed by atoms with E-state index in [1.807, 2.05) is 0 Å². The lowest BCUT2D eigenvalue weighted by molar-refractivity contribution is -0.144. The fraction of sp³-hybridized carbons (Fsp3) is 0.357. The third-order valence-electron chi connectivity index (χ3n) is 3.94. The molecule has 0 saturated carbocycles. The van der Waals surface area contributed by atoms with Gasteiger partial charge in [0.2, 0.25) is 6.61 Å². The number of rotatable bonds is 9.